The maximum atomic E-state index is 12.9. The Hall–Kier alpha value is -1.16. The van der Waals surface area contributed by atoms with Crippen LogP contribution in [0.25, 0.3) is 4.96 Å². The van der Waals surface area contributed by atoms with E-state index in [9.17, 15) is 8.42 Å². The largest absolute Gasteiger partial charge is 0.306 e. The molecule has 0 aromatic carbocycles. The lowest BCUT2D eigenvalue weighted by Crippen LogP contribution is -2.39. The Morgan fingerprint density at radius 3 is 2.81 bits per heavy atom. The molecule has 21 heavy (non-hydrogen) atoms. The summed E-state index contributed by atoms with van der Waals surface area (Å²) in [6, 6.07) is 0. The van der Waals surface area contributed by atoms with Crippen LogP contribution in [-0.2, 0) is 10.0 Å². The average molecular weight is 329 g/mol. The fourth-order valence-electron chi connectivity index (χ4n) is 2.79. The van der Waals surface area contributed by atoms with E-state index >= 15 is 0 Å². The number of sulfonamides is 1. The van der Waals surface area contributed by atoms with Crippen LogP contribution in [0, 0.1) is 5.92 Å². The molecule has 3 N–H and O–H groups in total. The molecule has 1 fully saturated rings. The van der Waals surface area contributed by atoms with Gasteiger partial charge in [-0.2, -0.15) is 9.29 Å². The molecule has 1 aliphatic rings. The lowest BCUT2D eigenvalue weighted by atomic mass is 9.96. The summed E-state index contributed by atoms with van der Waals surface area (Å²) >= 11 is 1.38. The predicted octanol–water partition coefficient (Wildman–Crippen LogP) is 1.49. The number of nitrogens with two attached hydrogens (primary N) is 1. The summed E-state index contributed by atoms with van der Waals surface area (Å²) < 4.78 is 28.9. The standard InChI is InChI=1S/C12H19N5O2S2/c1-2-9-3-5-16(6-4-9)21(18,19)11-10(15-13)14-12-17(11)7-8-20-12/h7-9,15H,2-6,13H2,1H3. The number of thiazole rings is 1. The van der Waals surface area contributed by atoms with Crippen LogP contribution in [0.1, 0.15) is 26.2 Å². The number of imidazole rings is 1. The molecule has 0 radical (unpaired) electrons. The summed E-state index contributed by atoms with van der Waals surface area (Å²) in [6.45, 7) is 3.27. The molecule has 0 amide bonds. The Kier molecular flexibility index (Phi) is 3.91. The lowest BCUT2D eigenvalue weighted by Gasteiger charge is -2.30. The molecule has 0 spiro atoms. The molecule has 0 saturated carbocycles. The summed E-state index contributed by atoms with van der Waals surface area (Å²) in [6.07, 6.45) is 4.63. The van der Waals surface area contributed by atoms with E-state index in [1.165, 1.54) is 11.3 Å². The second kappa shape index (κ2) is 5.56. The van der Waals surface area contributed by atoms with Gasteiger partial charge < -0.3 is 5.43 Å². The minimum Gasteiger partial charge on any atom is -0.306 e. The first-order chi connectivity index (χ1) is 10.1. The number of fused-ring (bicyclic) bond motifs is 1. The zero-order chi connectivity index (χ0) is 15.0. The van der Waals surface area contributed by atoms with Crippen molar-refractivity contribution in [2.75, 3.05) is 18.5 Å². The summed E-state index contributed by atoms with van der Waals surface area (Å²) in [5.41, 5.74) is 2.41. The molecule has 0 bridgehead atoms. The Morgan fingerprint density at radius 1 is 1.48 bits per heavy atom. The molecule has 7 nitrogen and oxygen atoms in total. The number of nitrogen functional groups attached to an aromatic ring is 1. The molecule has 0 atom stereocenters. The van der Waals surface area contributed by atoms with Crippen molar-refractivity contribution in [1.29, 1.82) is 0 Å². The highest BCUT2D eigenvalue weighted by Crippen LogP contribution is 2.30. The topological polar surface area (TPSA) is 92.7 Å². The van der Waals surface area contributed by atoms with Crippen molar-refractivity contribution in [2.45, 2.75) is 31.2 Å². The van der Waals surface area contributed by atoms with Crippen LogP contribution in [0.3, 0.4) is 0 Å². The third-order valence-corrected chi connectivity index (χ3v) is 6.77. The van der Waals surface area contributed by atoms with Crippen LogP contribution in [0.15, 0.2) is 16.6 Å². The normalized spacial score (nSPS) is 18.4. The fourth-order valence-corrected chi connectivity index (χ4v) is 5.24. The van der Waals surface area contributed by atoms with Crippen molar-refractivity contribution >= 4 is 32.1 Å². The maximum Gasteiger partial charge on any atom is 0.262 e. The number of hydrogen-bond donors (Lipinski definition) is 2. The Morgan fingerprint density at radius 2 is 2.19 bits per heavy atom. The number of hydrazine groups is 1. The molecular formula is C12H19N5O2S2. The van der Waals surface area contributed by atoms with E-state index in [-0.39, 0.29) is 10.8 Å². The van der Waals surface area contributed by atoms with E-state index in [1.807, 2.05) is 5.38 Å². The summed E-state index contributed by atoms with van der Waals surface area (Å²) in [4.78, 5) is 4.84. The maximum absolute atomic E-state index is 12.9. The number of rotatable bonds is 4. The molecule has 1 aliphatic heterocycles. The zero-order valence-electron chi connectivity index (χ0n) is 11.8. The van der Waals surface area contributed by atoms with E-state index in [1.54, 1.807) is 14.9 Å². The number of hydrogen-bond acceptors (Lipinski definition) is 6. The Bertz CT molecular complexity index is 728. The minimum absolute atomic E-state index is 0.135. The van der Waals surface area contributed by atoms with Crippen LogP contribution < -0.4 is 11.3 Å². The second-order valence-corrected chi connectivity index (χ2v) is 7.95. The van der Waals surface area contributed by atoms with Gasteiger partial charge in [0, 0.05) is 24.7 Å². The van der Waals surface area contributed by atoms with E-state index < -0.39 is 10.0 Å². The highest BCUT2D eigenvalue weighted by atomic mass is 32.2. The summed E-state index contributed by atoms with van der Waals surface area (Å²) in [7, 11) is -3.59. The third kappa shape index (κ3) is 2.44. The van der Waals surface area contributed by atoms with Gasteiger partial charge in [0.15, 0.2) is 10.8 Å². The fraction of sp³-hybridized carbons (Fsp3) is 0.583. The molecule has 9 heteroatoms. The minimum atomic E-state index is -3.59. The molecule has 3 rings (SSSR count). The predicted molar refractivity (Wildman–Crippen MR) is 82.7 cm³/mol. The molecule has 0 aliphatic carbocycles. The first kappa shape index (κ1) is 14.8. The van der Waals surface area contributed by atoms with Gasteiger partial charge >= 0.3 is 0 Å². The van der Waals surface area contributed by atoms with Gasteiger partial charge in [-0.1, -0.05) is 13.3 Å². The van der Waals surface area contributed by atoms with Gasteiger partial charge in [-0.3, -0.25) is 4.40 Å². The van der Waals surface area contributed by atoms with Crippen LogP contribution in [0.2, 0.25) is 0 Å². The van der Waals surface area contributed by atoms with Gasteiger partial charge in [0.25, 0.3) is 10.0 Å². The second-order valence-electron chi connectivity index (χ2n) is 5.22. The monoisotopic (exact) mass is 329 g/mol. The number of aromatic nitrogens is 2. The number of nitrogens with zero attached hydrogens (tertiary/aromatic N) is 3. The molecule has 2 aromatic rings. The molecular weight excluding hydrogens is 310 g/mol. The van der Waals surface area contributed by atoms with Crippen molar-refractivity contribution in [1.82, 2.24) is 13.7 Å². The van der Waals surface area contributed by atoms with E-state index in [0.717, 1.165) is 19.3 Å². The smallest absolute Gasteiger partial charge is 0.262 e. The van der Waals surface area contributed by atoms with Crippen LogP contribution in [0.4, 0.5) is 5.82 Å². The molecule has 2 aromatic heterocycles. The third-order valence-electron chi connectivity index (χ3n) is 4.09. The molecule has 3 heterocycles. The molecule has 116 valence electrons. The van der Waals surface area contributed by atoms with Crippen LogP contribution in [-0.4, -0.2) is 35.2 Å². The SMILES string of the molecule is CCC1CCN(S(=O)(=O)c2c(NN)nc3sccn23)CC1. The Labute approximate surface area is 127 Å². The van der Waals surface area contributed by atoms with E-state index in [2.05, 4.69) is 17.3 Å². The zero-order valence-corrected chi connectivity index (χ0v) is 13.5. The summed E-state index contributed by atoms with van der Waals surface area (Å²) in [5.74, 6) is 6.27. The molecule has 0 unspecified atom stereocenters. The lowest BCUT2D eigenvalue weighted by molar-refractivity contribution is 0.268. The van der Waals surface area contributed by atoms with Crippen molar-refractivity contribution in [3.05, 3.63) is 11.6 Å². The molecule has 1 saturated heterocycles. The van der Waals surface area contributed by atoms with Gasteiger partial charge in [-0.25, -0.2) is 14.3 Å². The average Bonchev–Trinajstić information content (AvgIpc) is 3.06. The van der Waals surface area contributed by atoms with Crippen molar-refractivity contribution in [3.63, 3.8) is 0 Å². The van der Waals surface area contributed by atoms with Crippen LogP contribution in [0.5, 0.6) is 0 Å². The van der Waals surface area contributed by atoms with Gasteiger partial charge in [-0.15, -0.1) is 11.3 Å². The van der Waals surface area contributed by atoms with Gasteiger partial charge in [0.1, 0.15) is 0 Å². The summed E-state index contributed by atoms with van der Waals surface area (Å²) in [5, 5.41) is 1.95. The quantitative estimate of drug-likeness (QED) is 0.655. The van der Waals surface area contributed by atoms with Crippen molar-refractivity contribution in [3.8, 4) is 0 Å². The first-order valence-electron chi connectivity index (χ1n) is 7.00. The Balaban J connectivity index is 1.98. The van der Waals surface area contributed by atoms with Crippen LogP contribution >= 0.6 is 11.3 Å². The van der Waals surface area contributed by atoms with E-state index in [0.29, 0.717) is 24.0 Å². The van der Waals surface area contributed by atoms with E-state index in [4.69, 9.17) is 5.84 Å². The van der Waals surface area contributed by atoms with Crippen molar-refractivity contribution < 1.29 is 8.42 Å². The van der Waals surface area contributed by atoms with Crippen molar-refractivity contribution in [2.24, 2.45) is 11.8 Å². The highest BCUT2D eigenvalue weighted by Gasteiger charge is 2.34. The van der Waals surface area contributed by atoms with Gasteiger partial charge in [0.2, 0.25) is 5.03 Å². The van der Waals surface area contributed by atoms with Gasteiger partial charge in [0.05, 0.1) is 0 Å². The number of nitrogens with one attached hydrogen (secondary N) is 1. The highest BCUT2D eigenvalue weighted by molar-refractivity contribution is 7.89. The number of piperidine rings is 1. The first-order valence-corrected chi connectivity index (χ1v) is 9.32. The number of anilines is 1. The van der Waals surface area contributed by atoms with Gasteiger partial charge in [-0.05, 0) is 18.8 Å².